The molecule has 1 aliphatic rings. The zero-order valence-corrected chi connectivity index (χ0v) is 19.1. The van der Waals surface area contributed by atoms with Crippen LogP contribution in [-0.4, -0.2) is 74.6 Å². The number of anilines is 1. The van der Waals surface area contributed by atoms with Gasteiger partial charge in [-0.25, -0.2) is 13.4 Å². The van der Waals surface area contributed by atoms with Gasteiger partial charge in [0.1, 0.15) is 10.6 Å². The molecule has 2 aromatic rings. The number of carbonyl (C=O) groups excluding carboxylic acids is 1. The molecule has 1 aliphatic heterocycles. The molecule has 0 radical (unpaired) electrons. The largest absolute Gasteiger partial charge is 0.495 e. The van der Waals surface area contributed by atoms with Crippen LogP contribution in [0.25, 0.3) is 0 Å². The van der Waals surface area contributed by atoms with Gasteiger partial charge in [0.25, 0.3) is 0 Å². The Bertz CT molecular complexity index is 994. The number of hydrogen-bond donors (Lipinski definition) is 1. The number of piperazine rings is 1. The summed E-state index contributed by atoms with van der Waals surface area (Å²) in [4.78, 5) is 18.7. The molecule has 0 unspecified atom stereocenters. The predicted molar refractivity (Wildman–Crippen MR) is 118 cm³/mol. The number of hydrogen-bond acceptors (Lipinski definition) is 7. The van der Waals surface area contributed by atoms with Crippen LogP contribution < -0.4 is 10.1 Å². The Labute approximate surface area is 185 Å². The molecule has 1 fully saturated rings. The van der Waals surface area contributed by atoms with Gasteiger partial charge in [-0.3, -0.25) is 4.79 Å². The van der Waals surface area contributed by atoms with Gasteiger partial charge in [0.2, 0.25) is 15.9 Å². The second-order valence-corrected chi connectivity index (χ2v) is 10.1. The molecule has 0 spiro atoms. The minimum absolute atomic E-state index is 0.104. The number of pyridine rings is 1. The molecule has 162 valence electrons. The van der Waals surface area contributed by atoms with Crippen molar-refractivity contribution in [1.82, 2.24) is 14.2 Å². The maximum absolute atomic E-state index is 12.7. The van der Waals surface area contributed by atoms with E-state index in [4.69, 9.17) is 16.3 Å². The van der Waals surface area contributed by atoms with E-state index in [1.54, 1.807) is 24.3 Å². The van der Waals surface area contributed by atoms with Crippen molar-refractivity contribution in [3.63, 3.8) is 0 Å². The van der Waals surface area contributed by atoms with Crippen LogP contribution >= 0.6 is 23.4 Å². The monoisotopic (exact) mass is 470 g/mol. The molecule has 1 aromatic heterocycles. The lowest BCUT2D eigenvalue weighted by Gasteiger charge is -2.31. The van der Waals surface area contributed by atoms with E-state index < -0.39 is 10.0 Å². The number of aromatic nitrogens is 1. The predicted octanol–water partition coefficient (Wildman–Crippen LogP) is 2.41. The molecule has 3 rings (SSSR count). The highest BCUT2D eigenvalue weighted by atomic mass is 35.5. The second-order valence-electron chi connectivity index (χ2n) is 6.72. The van der Waals surface area contributed by atoms with E-state index in [1.807, 2.05) is 7.05 Å². The Hall–Kier alpha value is -1.85. The first-order chi connectivity index (χ1) is 14.3. The quantitative estimate of drug-likeness (QED) is 0.621. The second kappa shape index (κ2) is 9.97. The van der Waals surface area contributed by atoms with Crippen LogP contribution in [0.2, 0.25) is 5.02 Å². The Balaban J connectivity index is 1.58. The van der Waals surface area contributed by atoms with Crippen molar-refractivity contribution in [3.05, 3.63) is 41.6 Å². The zero-order valence-electron chi connectivity index (χ0n) is 16.7. The van der Waals surface area contributed by atoms with Crippen LogP contribution in [0.4, 0.5) is 5.69 Å². The molecule has 0 bridgehead atoms. The number of benzene rings is 1. The lowest BCUT2D eigenvalue weighted by molar-refractivity contribution is -0.113. The normalized spacial score (nSPS) is 15.7. The summed E-state index contributed by atoms with van der Waals surface area (Å²) in [7, 11) is -0.0791. The van der Waals surface area contributed by atoms with E-state index in [-0.39, 0.29) is 16.6 Å². The van der Waals surface area contributed by atoms with Gasteiger partial charge < -0.3 is 15.0 Å². The average Bonchev–Trinajstić information content (AvgIpc) is 2.73. The number of amides is 1. The SMILES string of the molecule is COc1ccc(Cl)cc1NC(=O)CSc1ccc(S(=O)(=O)N2CCN(C)CC2)cn1. The number of thioether (sulfide) groups is 1. The Morgan fingerprint density at radius 3 is 2.60 bits per heavy atom. The van der Waals surface area contributed by atoms with Crippen molar-refractivity contribution < 1.29 is 17.9 Å². The van der Waals surface area contributed by atoms with Crippen molar-refractivity contribution in [2.45, 2.75) is 9.92 Å². The minimum Gasteiger partial charge on any atom is -0.495 e. The van der Waals surface area contributed by atoms with E-state index in [9.17, 15) is 13.2 Å². The van der Waals surface area contributed by atoms with Gasteiger partial charge in [0, 0.05) is 37.4 Å². The fourth-order valence-corrected chi connectivity index (χ4v) is 5.07. The molecule has 0 aliphatic carbocycles. The number of halogens is 1. The average molecular weight is 471 g/mol. The van der Waals surface area contributed by atoms with E-state index in [0.29, 0.717) is 47.7 Å². The van der Waals surface area contributed by atoms with Gasteiger partial charge in [0.05, 0.1) is 23.6 Å². The van der Waals surface area contributed by atoms with Gasteiger partial charge in [-0.05, 0) is 37.4 Å². The van der Waals surface area contributed by atoms with Gasteiger partial charge in [-0.1, -0.05) is 23.4 Å². The van der Waals surface area contributed by atoms with E-state index in [2.05, 4.69) is 15.2 Å². The Morgan fingerprint density at radius 2 is 1.97 bits per heavy atom. The standard InChI is InChI=1S/C19H23ClN4O4S2/c1-23-7-9-24(10-8-23)30(26,27)15-4-6-19(21-12-15)29-13-18(25)22-16-11-14(20)3-5-17(16)28-2/h3-6,11-12H,7-10,13H2,1-2H3,(H,22,25). The maximum Gasteiger partial charge on any atom is 0.244 e. The minimum atomic E-state index is -3.56. The van der Waals surface area contributed by atoms with Crippen LogP contribution in [0, 0.1) is 0 Å². The van der Waals surface area contributed by atoms with Crippen molar-refractivity contribution in [2.24, 2.45) is 0 Å². The van der Waals surface area contributed by atoms with Gasteiger partial charge in [0.15, 0.2) is 0 Å². The number of sulfonamides is 1. The fraction of sp³-hybridized carbons (Fsp3) is 0.368. The van der Waals surface area contributed by atoms with Crippen LogP contribution in [0.15, 0.2) is 46.5 Å². The van der Waals surface area contributed by atoms with Crippen LogP contribution in [-0.2, 0) is 14.8 Å². The third-order valence-electron chi connectivity index (χ3n) is 4.60. The summed E-state index contributed by atoms with van der Waals surface area (Å²) in [6.45, 7) is 2.32. The molecular weight excluding hydrogens is 448 g/mol. The molecule has 11 heteroatoms. The molecule has 1 aromatic carbocycles. The lowest BCUT2D eigenvalue weighted by atomic mass is 10.3. The zero-order chi connectivity index (χ0) is 21.7. The van der Waals surface area contributed by atoms with Crippen molar-refractivity contribution in [2.75, 3.05) is 51.4 Å². The van der Waals surface area contributed by atoms with Crippen LogP contribution in [0.1, 0.15) is 0 Å². The summed E-state index contributed by atoms with van der Waals surface area (Å²) in [5.41, 5.74) is 0.483. The first-order valence-corrected chi connectivity index (χ1v) is 12.0. The number of nitrogens with zero attached hydrogens (tertiary/aromatic N) is 3. The summed E-state index contributed by atoms with van der Waals surface area (Å²) in [5.74, 6) is 0.360. The number of nitrogens with one attached hydrogen (secondary N) is 1. The smallest absolute Gasteiger partial charge is 0.244 e. The number of ether oxygens (including phenoxy) is 1. The van der Waals surface area contributed by atoms with E-state index >= 15 is 0 Å². The van der Waals surface area contributed by atoms with Crippen molar-refractivity contribution >= 4 is 45.0 Å². The summed E-state index contributed by atoms with van der Waals surface area (Å²) < 4.78 is 32.2. The Kier molecular flexibility index (Phi) is 7.59. The maximum atomic E-state index is 12.7. The molecule has 1 amide bonds. The Morgan fingerprint density at radius 1 is 1.23 bits per heavy atom. The van der Waals surface area contributed by atoms with Gasteiger partial charge >= 0.3 is 0 Å². The van der Waals surface area contributed by atoms with Crippen LogP contribution in [0.5, 0.6) is 5.75 Å². The van der Waals surface area contributed by atoms with E-state index in [0.717, 1.165) is 0 Å². The molecule has 30 heavy (non-hydrogen) atoms. The highest BCUT2D eigenvalue weighted by Gasteiger charge is 2.27. The molecule has 8 nitrogen and oxygen atoms in total. The molecular formula is C19H23ClN4O4S2. The first-order valence-electron chi connectivity index (χ1n) is 9.20. The first kappa shape index (κ1) is 22.8. The number of rotatable bonds is 7. The highest BCUT2D eigenvalue weighted by Crippen LogP contribution is 2.28. The molecule has 2 heterocycles. The third-order valence-corrected chi connectivity index (χ3v) is 7.66. The summed E-state index contributed by atoms with van der Waals surface area (Å²) >= 11 is 7.18. The number of methoxy groups -OCH3 is 1. The number of carbonyl (C=O) groups is 1. The summed E-state index contributed by atoms with van der Waals surface area (Å²) in [6.07, 6.45) is 1.34. The van der Waals surface area contributed by atoms with Crippen molar-refractivity contribution in [3.8, 4) is 5.75 Å². The molecule has 1 N–H and O–H groups in total. The fourth-order valence-electron chi connectivity index (χ4n) is 2.89. The lowest BCUT2D eigenvalue weighted by Crippen LogP contribution is -2.47. The molecule has 0 saturated carbocycles. The van der Waals surface area contributed by atoms with Gasteiger partial charge in [-0.15, -0.1) is 0 Å². The topological polar surface area (TPSA) is 91.8 Å². The third kappa shape index (κ3) is 5.64. The molecule has 0 atom stereocenters. The van der Waals surface area contributed by atoms with Crippen LogP contribution in [0.3, 0.4) is 0 Å². The van der Waals surface area contributed by atoms with E-state index in [1.165, 1.54) is 35.4 Å². The highest BCUT2D eigenvalue weighted by molar-refractivity contribution is 7.99. The summed E-state index contributed by atoms with van der Waals surface area (Å²) in [6, 6.07) is 8.10. The van der Waals surface area contributed by atoms with Gasteiger partial charge in [-0.2, -0.15) is 4.31 Å². The molecule has 1 saturated heterocycles. The van der Waals surface area contributed by atoms with Crippen molar-refractivity contribution in [1.29, 1.82) is 0 Å². The summed E-state index contributed by atoms with van der Waals surface area (Å²) in [5, 5.41) is 3.79. The number of likely N-dealkylation sites (N-methyl/N-ethyl adjacent to an activating group) is 1.